The number of aliphatic hydroxyl groups is 3. The van der Waals surface area contributed by atoms with Crippen LogP contribution in [0.25, 0.3) is 0 Å². The Balaban J connectivity index is 1.72. The Morgan fingerprint density at radius 1 is 1.06 bits per heavy atom. The van der Waals surface area contributed by atoms with Crippen molar-refractivity contribution in [1.82, 2.24) is 4.90 Å². The summed E-state index contributed by atoms with van der Waals surface area (Å²) in [7, 11) is 2.80. The van der Waals surface area contributed by atoms with E-state index in [9.17, 15) is 24.5 Å². The van der Waals surface area contributed by atoms with E-state index in [1.54, 1.807) is 35.2 Å². The van der Waals surface area contributed by atoms with Crippen LogP contribution in [0.5, 0.6) is 11.5 Å². The average Bonchev–Trinajstić information content (AvgIpc) is 3.18. The summed E-state index contributed by atoms with van der Waals surface area (Å²) in [6.07, 6.45) is 7.91. The minimum Gasteiger partial charge on any atom is -0.489 e. The quantitative estimate of drug-likeness (QED) is 0.0818. The van der Waals surface area contributed by atoms with Crippen molar-refractivity contribution in [3.05, 3.63) is 83.7 Å². The minimum atomic E-state index is -1.46. The van der Waals surface area contributed by atoms with Gasteiger partial charge in [0, 0.05) is 43.2 Å². The second-order valence-electron chi connectivity index (χ2n) is 13.8. The summed E-state index contributed by atoms with van der Waals surface area (Å²) in [5.41, 5.74) is 2.84. The van der Waals surface area contributed by atoms with E-state index < -0.39 is 23.8 Å². The van der Waals surface area contributed by atoms with E-state index in [-0.39, 0.29) is 82.8 Å². The van der Waals surface area contributed by atoms with Gasteiger partial charge in [-0.1, -0.05) is 48.3 Å². The molecule has 0 radical (unpaired) electrons. The number of oxime groups is 1. The fourth-order valence-corrected chi connectivity index (χ4v) is 8.45. The molecule has 0 bridgehead atoms. The van der Waals surface area contributed by atoms with E-state index in [2.05, 4.69) is 17.8 Å². The first-order valence-electron chi connectivity index (χ1n) is 18.9. The molecule has 2 aromatic rings. The molecule has 5 rings (SSSR count). The van der Waals surface area contributed by atoms with Gasteiger partial charge in [-0.05, 0) is 67.4 Å². The molecule has 6 atom stereocenters. The van der Waals surface area contributed by atoms with E-state index in [0.29, 0.717) is 35.6 Å². The van der Waals surface area contributed by atoms with Gasteiger partial charge in [0.15, 0.2) is 0 Å². The molecule has 0 unspecified atom stereocenters. The van der Waals surface area contributed by atoms with Gasteiger partial charge in [0.25, 0.3) is 0 Å². The number of aliphatic hydroxyl groups excluding tert-OH is 3. The molecule has 0 spiro atoms. The summed E-state index contributed by atoms with van der Waals surface area (Å²) in [6, 6.07) is 11.3. The Kier molecular flexibility index (Phi) is 15.3. The lowest BCUT2D eigenvalue weighted by atomic mass is 9.55. The largest absolute Gasteiger partial charge is 0.489 e. The van der Waals surface area contributed by atoms with E-state index in [1.165, 1.54) is 20.3 Å². The van der Waals surface area contributed by atoms with Gasteiger partial charge in [0.2, 0.25) is 5.79 Å². The number of methoxy groups -OCH3 is 1. The van der Waals surface area contributed by atoms with E-state index in [4.69, 9.17) is 28.5 Å². The Morgan fingerprint density at radius 3 is 2.54 bits per heavy atom. The molecule has 2 aliphatic carbocycles. The SMILES string of the molecule is C=CCO[C@@]12Oc3ccc(OCc4ccccc4F)cc3[C@H]3[C@H](CCCCO)[C@@H](CCCCO)C=C(C(=NOC)C[C@@H]1N(CCOCCO)C(=O)OC)[C@H]32. The molecule has 1 fully saturated rings. The summed E-state index contributed by atoms with van der Waals surface area (Å²) in [5, 5.41) is 33.5. The summed E-state index contributed by atoms with van der Waals surface area (Å²) < 4.78 is 45.7. The standard InChI is InChI=1S/C41H55FN2O10/c1-4-21-53-41-37(44(40(48)49-2)17-22-51-23-20-47)26-35(43-50-3)32-24-28(11-7-9-18-45)31(13-8-10-19-46)38(39(32)41)33-25-30(15-16-36(33)54-41)52-27-29-12-5-6-14-34(29)42/h4-6,12,14-16,24-25,28,31,37-39,45-47H,1,7-11,13,17-23,26-27H2,2-3H3/t28-,31+,37-,38+,39+,41+/m0/s1. The monoisotopic (exact) mass is 754 g/mol. The van der Waals surface area contributed by atoms with Gasteiger partial charge in [-0.25, -0.2) is 9.18 Å². The molecule has 3 N–H and O–H groups in total. The summed E-state index contributed by atoms with van der Waals surface area (Å²) in [5.74, 6) is -1.42. The summed E-state index contributed by atoms with van der Waals surface area (Å²) >= 11 is 0. The van der Waals surface area contributed by atoms with Crippen molar-refractivity contribution in [2.24, 2.45) is 22.9 Å². The van der Waals surface area contributed by atoms with Crippen LogP contribution >= 0.6 is 0 Å². The van der Waals surface area contributed by atoms with Crippen molar-refractivity contribution < 1.29 is 53.0 Å². The molecule has 2 aromatic carbocycles. The van der Waals surface area contributed by atoms with Crippen LogP contribution in [0, 0.1) is 23.6 Å². The van der Waals surface area contributed by atoms with E-state index in [1.807, 2.05) is 12.1 Å². The Bertz CT molecular complexity index is 1600. The Labute approximate surface area is 317 Å². The Hall–Kier alpha value is -4.01. The van der Waals surface area contributed by atoms with Crippen molar-refractivity contribution in [2.75, 3.05) is 60.4 Å². The molecule has 296 valence electrons. The molecule has 12 nitrogen and oxygen atoms in total. The van der Waals surface area contributed by atoms with Crippen molar-refractivity contribution in [1.29, 1.82) is 0 Å². The number of carbonyl (C=O) groups is 1. The number of nitrogens with zero attached hydrogens (tertiary/aromatic N) is 2. The van der Waals surface area contributed by atoms with Gasteiger partial charge in [-0.3, -0.25) is 4.90 Å². The number of rotatable bonds is 21. The third-order valence-corrected chi connectivity index (χ3v) is 10.7. The molecule has 3 aliphatic rings. The smallest absolute Gasteiger partial charge is 0.410 e. The van der Waals surface area contributed by atoms with Crippen LogP contribution in [0.1, 0.15) is 62.0 Å². The van der Waals surface area contributed by atoms with Crippen molar-refractivity contribution in [3.8, 4) is 11.5 Å². The molecule has 1 amide bonds. The zero-order valence-electron chi connectivity index (χ0n) is 31.4. The second kappa shape index (κ2) is 20.1. The molecular formula is C41H55FN2O10. The zero-order chi connectivity index (χ0) is 38.5. The predicted molar refractivity (Wildman–Crippen MR) is 200 cm³/mol. The first-order valence-corrected chi connectivity index (χ1v) is 18.9. The number of carbonyl (C=O) groups excluding carboxylic acids is 1. The molecule has 1 saturated carbocycles. The molecule has 1 aliphatic heterocycles. The van der Waals surface area contributed by atoms with Crippen LogP contribution in [0.4, 0.5) is 9.18 Å². The van der Waals surface area contributed by atoms with Gasteiger partial charge >= 0.3 is 6.09 Å². The lowest BCUT2D eigenvalue weighted by Crippen LogP contribution is -2.70. The first kappa shape index (κ1) is 41.2. The lowest BCUT2D eigenvalue weighted by molar-refractivity contribution is -0.255. The van der Waals surface area contributed by atoms with Gasteiger partial charge < -0.3 is 43.8 Å². The fourth-order valence-electron chi connectivity index (χ4n) is 8.45. The molecule has 1 heterocycles. The molecular weight excluding hydrogens is 699 g/mol. The van der Waals surface area contributed by atoms with E-state index >= 15 is 0 Å². The average molecular weight is 755 g/mol. The maximum absolute atomic E-state index is 14.6. The van der Waals surface area contributed by atoms with Gasteiger partial charge in [-0.15, -0.1) is 6.58 Å². The van der Waals surface area contributed by atoms with Crippen LogP contribution < -0.4 is 9.47 Å². The van der Waals surface area contributed by atoms with Crippen LogP contribution in [-0.4, -0.2) is 104 Å². The molecule has 54 heavy (non-hydrogen) atoms. The van der Waals surface area contributed by atoms with E-state index in [0.717, 1.165) is 36.8 Å². The second-order valence-corrected chi connectivity index (χ2v) is 13.8. The number of ether oxygens (including phenoxy) is 5. The van der Waals surface area contributed by atoms with Crippen LogP contribution in [-0.2, 0) is 25.7 Å². The highest BCUT2D eigenvalue weighted by Gasteiger charge is 2.65. The molecule has 13 heteroatoms. The number of fused-ring (bicyclic) bond motifs is 2. The topological polar surface area (TPSA) is 149 Å². The van der Waals surface area contributed by atoms with Crippen LogP contribution in [0.2, 0.25) is 0 Å². The van der Waals surface area contributed by atoms with Crippen molar-refractivity contribution >= 4 is 11.8 Å². The van der Waals surface area contributed by atoms with Crippen molar-refractivity contribution in [3.63, 3.8) is 0 Å². The highest BCUT2D eigenvalue weighted by atomic mass is 19.1. The van der Waals surface area contributed by atoms with Crippen LogP contribution in [0.3, 0.4) is 0 Å². The highest BCUT2D eigenvalue weighted by Crippen LogP contribution is 2.62. The summed E-state index contributed by atoms with van der Waals surface area (Å²) in [4.78, 5) is 20.7. The zero-order valence-corrected chi connectivity index (χ0v) is 31.4. The number of hydrogen-bond acceptors (Lipinski definition) is 11. The number of unbranched alkanes of at least 4 members (excludes halogenated alkanes) is 2. The maximum Gasteiger partial charge on any atom is 0.410 e. The van der Waals surface area contributed by atoms with Crippen molar-refractivity contribution in [2.45, 2.75) is 69.3 Å². The minimum absolute atomic E-state index is 0.0159. The number of halogens is 1. The van der Waals surface area contributed by atoms with Gasteiger partial charge in [0.05, 0.1) is 45.2 Å². The predicted octanol–water partition coefficient (Wildman–Crippen LogP) is 5.75. The van der Waals surface area contributed by atoms with Crippen LogP contribution in [0.15, 0.2) is 71.9 Å². The third kappa shape index (κ3) is 9.09. The molecule has 0 saturated heterocycles. The highest BCUT2D eigenvalue weighted by molar-refractivity contribution is 6.02. The number of amides is 1. The number of hydrogen-bond donors (Lipinski definition) is 3. The van der Waals surface area contributed by atoms with Gasteiger partial charge in [-0.2, -0.15) is 0 Å². The summed E-state index contributed by atoms with van der Waals surface area (Å²) in [6.45, 7) is 4.39. The first-order chi connectivity index (χ1) is 26.4. The lowest BCUT2D eigenvalue weighted by Gasteiger charge is -2.59. The third-order valence-electron chi connectivity index (χ3n) is 10.7. The Morgan fingerprint density at radius 2 is 1.83 bits per heavy atom. The fraction of sp³-hybridized carbons (Fsp3) is 0.561. The molecule has 0 aromatic heterocycles. The number of allylic oxidation sites excluding steroid dienone is 1. The van der Waals surface area contributed by atoms with Gasteiger partial charge in [0.1, 0.15) is 37.1 Å². The maximum atomic E-state index is 14.6. The number of benzene rings is 2. The normalized spacial score (nSPS) is 24.8.